The molecule has 0 aromatic carbocycles. The van der Waals surface area contributed by atoms with E-state index in [1.807, 2.05) is 57.8 Å². The molecule has 0 saturated carbocycles. The molecule has 0 bridgehead atoms. The molecule has 2 rings (SSSR count). The summed E-state index contributed by atoms with van der Waals surface area (Å²) < 4.78 is 0. The lowest BCUT2D eigenvalue weighted by atomic mass is 9.96. The van der Waals surface area contributed by atoms with Crippen LogP contribution in [-0.4, -0.2) is 29.4 Å². The summed E-state index contributed by atoms with van der Waals surface area (Å²) >= 11 is 0. The second-order valence-corrected chi connectivity index (χ2v) is 4.11. The van der Waals surface area contributed by atoms with E-state index >= 15 is 0 Å². The molecule has 1 unspecified atom stereocenters. The number of carbonyl (C=O) groups excluding carboxylic acids is 1. The lowest BCUT2D eigenvalue weighted by Gasteiger charge is -2.28. The van der Waals surface area contributed by atoms with Crippen LogP contribution in [0.4, 0.5) is 0 Å². The second kappa shape index (κ2) is 15.7. The number of rotatable bonds is 1. The predicted molar refractivity (Wildman–Crippen MR) is 87.6 cm³/mol. The van der Waals surface area contributed by atoms with Crippen molar-refractivity contribution in [3.8, 4) is 0 Å². The van der Waals surface area contributed by atoms with E-state index in [2.05, 4.69) is 11.9 Å². The van der Waals surface area contributed by atoms with Gasteiger partial charge in [0.25, 0.3) is 0 Å². The van der Waals surface area contributed by atoms with Gasteiger partial charge in [-0.05, 0) is 24.5 Å². The third-order valence-corrected chi connectivity index (χ3v) is 2.87. The summed E-state index contributed by atoms with van der Waals surface area (Å²) in [5, 5.41) is 0. The minimum atomic E-state index is 0.310. The maximum Gasteiger partial charge on any atom is 0.222 e. The van der Waals surface area contributed by atoms with Crippen LogP contribution in [-0.2, 0) is 4.79 Å². The Morgan fingerprint density at radius 2 is 1.70 bits per heavy atom. The fourth-order valence-electron chi connectivity index (χ4n) is 1.74. The van der Waals surface area contributed by atoms with Gasteiger partial charge in [-0.25, -0.2) is 0 Å². The topological polar surface area (TPSA) is 33.2 Å². The van der Waals surface area contributed by atoms with E-state index in [4.69, 9.17) is 0 Å². The maximum absolute atomic E-state index is 11.0. The number of likely N-dealkylation sites (tertiary alicyclic amines) is 1. The van der Waals surface area contributed by atoms with E-state index in [0.29, 0.717) is 5.91 Å². The number of nitrogens with zero attached hydrogens (tertiary/aromatic N) is 2. The van der Waals surface area contributed by atoms with Gasteiger partial charge < -0.3 is 4.90 Å². The summed E-state index contributed by atoms with van der Waals surface area (Å²) in [6.45, 7) is 11.2. The highest BCUT2D eigenvalue weighted by atomic mass is 16.2. The molecule has 1 aromatic rings. The van der Waals surface area contributed by atoms with Crippen LogP contribution in [0.15, 0.2) is 30.6 Å². The molecule has 0 N–H and O–H groups in total. The fourth-order valence-corrected chi connectivity index (χ4v) is 1.74. The lowest BCUT2D eigenvalue weighted by molar-refractivity contribution is -0.133. The molecule has 1 aromatic heterocycles. The van der Waals surface area contributed by atoms with Gasteiger partial charge in [-0.2, -0.15) is 0 Å². The first-order chi connectivity index (χ1) is 9.74. The summed E-state index contributed by atoms with van der Waals surface area (Å²) in [6, 6.07) is 5.72. The van der Waals surface area contributed by atoms with Crippen LogP contribution in [0, 0.1) is 5.92 Å². The van der Waals surface area contributed by atoms with Crippen molar-refractivity contribution in [1.82, 2.24) is 9.88 Å². The highest BCUT2D eigenvalue weighted by Crippen LogP contribution is 2.18. The molecule has 3 nitrogen and oxygen atoms in total. The number of hydrogen-bond donors (Lipinski definition) is 0. The number of pyridine rings is 1. The lowest BCUT2D eigenvalue weighted by Crippen LogP contribution is -2.36. The number of amides is 1. The van der Waals surface area contributed by atoms with Gasteiger partial charge in [0.15, 0.2) is 0 Å². The van der Waals surface area contributed by atoms with Gasteiger partial charge >= 0.3 is 0 Å². The van der Waals surface area contributed by atoms with Crippen molar-refractivity contribution in [2.45, 2.75) is 53.9 Å². The third-order valence-electron chi connectivity index (χ3n) is 2.87. The summed E-state index contributed by atoms with van der Waals surface area (Å²) in [5.41, 5.74) is 0. The molecule has 1 aliphatic rings. The Bertz CT molecular complexity index is 274. The fraction of sp³-hybridized carbons (Fsp3) is 0.647. The Hall–Kier alpha value is -1.38. The van der Waals surface area contributed by atoms with E-state index in [-0.39, 0.29) is 0 Å². The predicted octanol–water partition coefficient (Wildman–Crippen LogP) is 4.40. The number of carbonyl (C=O) groups is 1. The minimum absolute atomic E-state index is 0.310. The minimum Gasteiger partial charge on any atom is -0.345 e. The van der Waals surface area contributed by atoms with Crippen molar-refractivity contribution >= 4 is 5.91 Å². The molecule has 1 amide bonds. The van der Waals surface area contributed by atoms with Gasteiger partial charge in [-0.3, -0.25) is 9.78 Å². The molecular weight excluding hydrogens is 248 g/mol. The highest BCUT2D eigenvalue weighted by Gasteiger charge is 2.20. The Labute approximate surface area is 125 Å². The van der Waals surface area contributed by atoms with Crippen LogP contribution >= 0.6 is 0 Å². The summed E-state index contributed by atoms with van der Waals surface area (Å²) in [5.74, 6) is 1.06. The first kappa shape index (κ1) is 20.9. The Morgan fingerprint density at radius 1 is 1.15 bits per heavy atom. The standard InChI is InChI=1S/C8H15NO.C5H5N.2C2H6/c1-3-7-4-5-8(10)9(2)6-7;1-2-4-6-5-3-1;2*1-2/h7H,3-6H2,1-2H3;1-5H;2*1-2H3. The molecule has 0 radical (unpaired) electrons. The van der Waals surface area contributed by atoms with Gasteiger partial charge in [0.1, 0.15) is 0 Å². The summed E-state index contributed by atoms with van der Waals surface area (Å²) in [4.78, 5) is 16.6. The van der Waals surface area contributed by atoms with Crippen molar-refractivity contribution < 1.29 is 4.79 Å². The Balaban J connectivity index is 0. The zero-order valence-corrected chi connectivity index (χ0v) is 14.1. The summed E-state index contributed by atoms with van der Waals surface area (Å²) in [6.07, 6.45) is 6.56. The van der Waals surface area contributed by atoms with Gasteiger partial charge in [0.2, 0.25) is 5.91 Å². The number of piperidine rings is 1. The van der Waals surface area contributed by atoms with Crippen LogP contribution in [0.1, 0.15) is 53.9 Å². The highest BCUT2D eigenvalue weighted by molar-refractivity contribution is 5.76. The first-order valence-electron chi connectivity index (χ1n) is 7.83. The average molecular weight is 280 g/mol. The Kier molecular flexibility index (Phi) is 16.4. The largest absolute Gasteiger partial charge is 0.345 e. The van der Waals surface area contributed by atoms with Crippen molar-refractivity contribution in [3.05, 3.63) is 30.6 Å². The summed E-state index contributed by atoms with van der Waals surface area (Å²) in [7, 11) is 1.89. The van der Waals surface area contributed by atoms with Crippen molar-refractivity contribution in [3.63, 3.8) is 0 Å². The van der Waals surface area contributed by atoms with Crippen LogP contribution in [0.2, 0.25) is 0 Å². The van der Waals surface area contributed by atoms with Crippen LogP contribution < -0.4 is 0 Å². The normalized spacial score (nSPS) is 16.6. The van der Waals surface area contributed by atoms with Gasteiger partial charge in [0.05, 0.1) is 0 Å². The molecule has 1 saturated heterocycles. The molecule has 20 heavy (non-hydrogen) atoms. The van der Waals surface area contributed by atoms with Gasteiger partial charge in [-0.15, -0.1) is 0 Å². The van der Waals surface area contributed by atoms with E-state index in [9.17, 15) is 4.79 Å². The maximum atomic E-state index is 11.0. The number of hydrogen-bond acceptors (Lipinski definition) is 2. The SMILES string of the molecule is CC.CC.CCC1CCC(=O)N(C)C1.c1ccncc1. The van der Waals surface area contributed by atoms with E-state index in [0.717, 1.165) is 25.3 Å². The zero-order chi connectivity index (χ0) is 15.8. The zero-order valence-electron chi connectivity index (χ0n) is 14.1. The third kappa shape index (κ3) is 10.5. The van der Waals surface area contributed by atoms with Crippen molar-refractivity contribution in [2.75, 3.05) is 13.6 Å². The molecule has 3 heteroatoms. The molecule has 2 heterocycles. The molecule has 0 spiro atoms. The van der Waals surface area contributed by atoms with Crippen molar-refractivity contribution in [1.29, 1.82) is 0 Å². The smallest absolute Gasteiger partial charge is 0.222 e. The molecule has 1 atom stereocenters. The first-order valence-corrected chi connectivity index (χ1v) is 7.83. The van der Waals surface area contributed by atoms with Crippen LogP contribution in [0.5, 0.6) is 0 Å². The molecule has 1 aliphatic heterocycles. The average Bonchev–Trinajstić information content (AvgIpc) is 2.56. The van der Waals surface area contributed by atoms with Crippen LogP contribution in [0.25, 0.3) is 0 Å². The second-order valence-electron chi connectivity index (χ2n) is 4.11. The molecule has 1 fully saturated rings. The van der Waals surface area contributed by atoms with Crippen molar-refractivity contribution in [2.24, 2.45) is 5.92 Å². The van der Waals surface area contributed by atoms with E-state index in [1.54, 1.807) is 12.4 Å². The monoisotopic (exact) mass is 280 g/mol. The van der Waals surface area contributed by atoms with E-state index < -0.39 is 0 Å². The van der Waals surface area contributed by atoms with Gasteiger partial charge in [0, 0.05) is 32.4 Å². The molecule has 116 valence electrons. The van der Waals surface area contributed by atoms with Gasteiger partial charge in [-0.1, -0.05) is 47.1 Å². The van der Waals surface area contributed by atoms with Crippen LogP contribution in [0.3, 0.4) is 0 Å². The quantitative estimate of drug-likeness (QED) is 0.764. The van der Waals surface area contributed by atoms with E-state index in [1.165, 1.54) is 6.42 Å². The number of aromatic nitrogens is 1. The molecule has 0 aliphatic carbocycles. The Morgan fingerprint density at radius 3 is 2.00 bits per heavy atom. The molecular formula is C17H32N2O.